The summed E-state index contributed by atoms with van der Waals surface area (Å²) < 4.78 is 0. The Hall–Kier alpha value is -1.59. The van der Waals surface area contributed by atoms with Crippen molar-refractivity contribution in [2.24, 2.45) is 5.92 Å². The molecule has 1 rings (SSSR count). The second-order valence-electron chi connectivity index (χ2n) is 3.27. The zero-order chi connectivity index (χ0) is 10.6. The Labute approximate surface area is 84.1 Å². The van der Waals surface area contributed by atoms with Crippen LogP contribution in [0.4, 0.5) is 0 Å². The van der Waals surface area contributed by atoms with Crippen LogP contribution in [0.1, 0.15) is 24.2 Å². The fourth-order valence-corrected chi connectivity index (χ4v) is 1.19. The van der Waals surface area contributed by atoms with Gasteiger partial charge in [-0.2, -0.15) is 5.26 Å². The van der Waals surface area contributed by atoms with Crippen molar-refractivity contribution >= 4 is 0 Å². The van der Waals surface area contributed by atoms with Crippen LogP contribution in [0.2, 0.25) is 0 Å². The third-order valence-corrected chi connectivity index (χ3v) is 2.25. The highest BCUT2D eigenvalue weighted by atomic mass is 16.3. The topological polar surface area (TPSA) is 44.0 Å². The first-order valence-electron chi connectivity index (χ1n) is 4.49. The van der Waals surface area contributed by atoms with Gasteiger partial charge in [-0.1, -0.05) is 25.1 Å². The third-order valence-electron chi connectivity index (χ3n) is 2.25. The average Bonchev–Trinajstić information content (AvgIpc) is 2.27. The van der Waals surface area contributed by atoms with Crippen LogP contribution >= 0.6 is 0 Å². The standard InChI is InChI=1S/C12H13NO/c1-3-9(2)12(14)11-6-4-10(8-13)5-7-11/h3-7,9,12,14H,1H2,2H3. The number of aliphatic hydroxyl groups excluding tert-OH is 1. The van der Waals surface area contributed by atoms with Crippen molar-refractivity contribution in [3.63, 3.8) is 0 Å². The Morgan fingerprint density at radius 1 is 1.43 bits per heavy atom. The highest BCUT2D eigenvalue weighted by Crippen LogP contribution is 2.22. The summed E-state index contributed by atoms with van der Waals surface area (Å²) in [5.74, 6) is 0.0166. The van der Waals surface area contributed by atoms with Crippen LogP contribution in [0.25, 0.3) is 0 Å². The fraction of sp³-hybridized carbons (Fsp3) is 0.250. The summed E-state index contributed by atoms with van der Waals surface area (Å²) >= 11 is 0. The van der Waals surface area contributed by atoms with Crippen molar-refractivity contribution in [3.05, 3.63) is 48.0 Å². The van der Waals surface area contributed by atoms with E-state index in [1.165, 1.54) is 0 Å². The lowest BCUT2D eigenvalue weighted by Gasteiger charge is -2.15. The van der Waals surface area contributed by atoms with Crippen LogP contribution in [-0.2, 0) is 0 Å². The number of hydrogen-bond donors (Lipinski definition) is 1. The Morgan fingerprint density at radius 3 is 2.43 bits per heavy atom. The molecule has 0 aromatic heterocycles. The molecule has 0 aliphatic heterocycles. The number of nitrogens with zero attached hydrogens (tertiary/aromatic N) is 1. The van der Waals surface area contributed by atoms with Gasteiger partial charge in [0.05, 0.1) is 17.7 Å². The molecule has 0 fully saturated rings. The molecule has 0 aliphatic rings. The first kappa shape index (κ1) is 10.5. The lowest BCUT2D eigenvalue weighted by Crippen LogP contribution is -2.06. The van der Waals surface area contributed by atoms with E-state index in [-0.39, 0.29) is 5.92 Å². The van der Waals surface area contributed by atoms with Gasteiger partial charge in [-0.3, -0.25) is 0 Å². The van der Waals surface area contributed by atoms with Gasteiger partial charge < -0.3 is 5.11 Å². The maximum absolute atomic E-state index is 9.80. The summed E-state index contributed by atoms with van der Waals surface area (Å²) in [4.78, 5) is 0. The molecule has 0 amide bonds. The first-order chi connectivity index (χ1) is 6.69. The molecule has 2 nitrogen and oxygen atoms in total. The van der Waals surface area contributed by atoms with Gasteiger partial charge in [0.15, 0.2) is 0 Å². The summed E-state index contributed by atoms with van der Waals surface area (Å²) in [7, 11) is 0. The largest absolute Gasteiger partial charge is 0.388 e. The number of benzene rings is 1. The van der Waals surface area contributed by atoms with Crippen LogP contribution in [0.5, 0.6) is 0 Å². The molecule has 72 valence electrons. The van der Waals surface area contributed by atoms with E-state index >= 15 is 0 Å². The number of aliphatic hydroxyl groups is 1. The van der Waals surface area contributed by atoms with Crippen molar-refractivity contribution in [2.75, 3.05) is 0 Å². The molecule has 2 unspecified atom stereocenters. The lowest BCUT2D eigenvalue weighted by atomic mass is 9.97. The van der Waals surface area contributed by atoms with Crippen LogP contribution in [-0.4, -0.2) is 5.11 Å². The number of rotatable bonds is 3. The molecule has 2 atom stereocenters. The maximum Gasteiger partial charge on any atom is 0.0991 e. The summed E-state index contributed by atoms with van der Waals surface area (Å²) in [6, 6.07) is 8.97. The van der Waals surface area contributed by atoms with E-state index < -0.39 is 6.10 Å². The molecule has 0 spiro atoms. The molecular formula is C12H13NO. The molecule has 0 bridgehead atoms. The van der Waals surface area contributed by atoms with Gasteiger partial charge in [0, 0.05) is 5.92 Å². The van der Waals surface area contributed by atoms with Gasteiger partial charge in [0.2, 0.25) is 0 Å². The molecule has 14 heavy (non-hydrogen) atoms. The summed E-state index contributed by atoms with van der Waals surface area (Å²) in [5, 5.41) is 18.4. The molecule has 1 aromatic rings. The number of nitriles is 1. The molecule has 0 saturated carbocycles. The fourth-order valence-electron chi connectivity index (χ4n) is 1.19. The monoisotopic (exact) mass is 187 g/mol. The van der Waals surface area contributed by atoms with Gasteiger partial charge >= 0.3 is 0 Å². The smallest absolute Gasteiger partial charge is 0.0991 e. The Morgan fingerprint density at radius 2 is 2.00 bits per heavy atom. The molecule has 0 heterocycles. The molecule has 0 aliphatic carbocycles. The highest BCUT2D eigenvalue weighted by Gasteiger charge is 2.12. The lowest BCUT2D eigenvalue weighted by molar-refractivity contribution is 0.140. The minimum Gasteiger partial charge on any atom is -0.388 e. The quantitative estimate of drug-likeness (QED) is 0.738. The zero-order valence-electron chi connectivity index (χ0n) is 8.14. The van der Waals surface area contributed by atoms with Gasteiger partial charge in [-0.25, -0.2) is 0 Å². The molecular weight excluding hydrogens is 174 g/mol. The number of hydrogen-bond acceptors (Lipinski definition) is 2. The summed E-state index contributed by atoms with van der Waals surface area (Å²) in [6.45, 7) is 5.53. The van der Waals surface area contributed by atoms with E-state index in [1.54, 1.807) is 30.3 Å². The second kappa shape index (κ2) is 4.59. The van der Waals surface area contributed by atoms with E-state index in [4.69, 9.17) is 5.26 Å². The van der Waals surface area contributed by atoms with Gasteiger partial charge in [-0.15, -0.1) is 6.58 Å². The minimum absolute atomic E-state index is 0.0166. The Bertz CT molecular complexity index is 348. The minimum atomic E-state index is -0.541. The highest BCUT2D eigenvalue weighted by molar-refractivity contribution is 5.32. The van der Waals surface area contributed by atoms with Crippen molar-refractivity contribution in [2.45, 2.75) is 13.0 Å². The van der Waals surface area contributed by atoms with Gasteiger partial charge in [0.25, 0.3) is 0 Å². The summed E-state index contributed by atoms with van der Waals surface area (Å²) in [6.07, 6.45) is 1.17. The Balaban J connectivity index is 2.87. The molecule has 2 heteroatoms. The van der Waals surface area contributed by atoms with Crippen molar-refractivity contribution < 1.29 is 5.11 Å². The summed E-state index contributed by atoms with van der Waals surface area (Å²) in [5.41, 5.74) is 1.42. The molecule has 1 N–H and O–H groups in total. The molecule has 0 radical (unpaired) electrons. The SMILES string of the molecule is C=CC(C)C(O)c1ccc(C#N)cc1. The van der Waals surface area contributed by atoms with E-state index in [0.29, 0.717) is 5.56 Å². The normalized spacial score (nSPS) is 14.1. The van der Waals surface area contributed by atoms with Crippen LogP contribution < -0.4 is 0 Å². The van der Waals surface area contributed by atoms with Crippen LogP contribution in [0, 0.1) is 17.2 Å². The van der Waals surface area contributed by atoms with Gasteiger partial charge in [-0.05, 0) is 17.7 Å². The van der Waals surface area contributed by atoms with Crippen molar-refractivity contribution in [1.29, 1.82) is 5.26 Å². The predicted octanol–water partition coefficient (Wildman–Crippen LogP) is 2.41. The first-order valence-corrected chi connectivity index (χ1v) is 4.49. The van der Waals surface area contributed by atoms with Gasteiger partial charge in [0.1, 0.15) is 0 Å². The van der Waals surface area contributed by atoms with Crippen LogP contribution in [0.3, 0.4) is 0 Å². The van der Waals surface area contributed by atoms with E-state index in [2.05, 4.69) is 6.58 Å². The van der Waals surface area contributed by atoms with Crippen molar-refractivity contribution in [1.82, 2.24) is 0 Å². The van der Waals surface area contributed by atoms with E-state index in [0.717, 1.165) is 5.56 Å². The second-order valence-corrected chi connectivity index (χ2v) is 3.27. The predicted molar refractivity (Wildman–Crippen MR) is 55.5 cm³/mol. The van der Waals surface area contributed by atoms with Crippen LogP contribution in [0.15, 0.2) is 36.9 Å². The molecule has 1 aromatic carbocycles. The third kappa shape index (κ3) is 2.21. The van der Waals surface area contributed by atoms with E-state index in [9.17, 15) is 5.11 Å². The van der Waals surface area contributed by atoms with E-state index in [1.807, 2.05) is 13.0 Å². The Kier molecular flexibility index (Phi) is 3.44. The average molecular weight is 187 g/mol. The maximum atomic E-state index is 9.80. The zero-order valence-corrected chi connectivity index (χ0v) is 8.14. The van der Waals surface area contributed by atoms with Crippen molar-refractivity contribution in [3.8, 4) is 6.07 Å². The molecule has 0 saturated heterocycles.